The molecular weight excluding hydrogens is 280 g/mol. The fraction of sp³-hybridized carbons (Fsp3) is 0.312. The van der Waals surface area contributed by atoms with Crippen LogP contribution in [0.3, 0.4) is 0 Å². The van der Waals surface area contributed by atoms with Gasteiger partial charge in [0.05, 0.1) is 15.7 Å². The Kier molecular flexibility index (Phi) is 3.16. The number of nitrogens with zero attached hydrogens (tertiary/aromatic N) is 4. The molecule has 0 saturated carbocycles. The molecule has 1 aliphatic heterocycles. The van der Waals surface area contributed by atoms with Crippen molar-refractivity contribution in [2.45, 2.75) is 25.9 Å². The van der Waals surface area contributed by atoms with Crippen LogP contribution in [0.1, 0.15) is 29.8 Å². The molecule has 4 nitrogen and oxygen atoms in total. The Morgan fingerprint density at radius 1 is 1.29 bits per heavy atom. The van der Waals surface area contributed by atoms with Crippen LogP contribution in [-0.2, 0) is 13.0 Å². The highest BCUT2D eigenvalue weighted by atomic mass is 32.1. The molecule has 3 heterocycles. The first-order valence-corrected chi connectivity index (χ1v) is 8.04. The van der Waals surface area contributed by atoms with Gasteiger partial charge in [-0.3, -0.25) is 4.90 Å². The van der Waals surface area contributed by atoms with Crippen molar-refractivity contribution in [2.75, 3.05) is 6.54 Å². The first-order valence-electron chi connectivity index (χ1n) is 7.16. The van der Waals surface area contributed by atoms with Gasteiger partial charge in [0, 0.05) is 43.0 Å². The lowest BCUT2D eigenvalue weighted by atomic mass is 10.0. The molecule has 106 valence electrons. The monoisotopic (exact) mass is 296 g/mol. The number of aromatic nitrogens is 3. The lowest BCUT2D eigenvalue weighted by Gasteiger charge is -2.33. The van der Waals surface area contributed by atoms with Crippen LogP contribution in [0.5, 0.6) is 0 Å². The predicted molar refractivity (Wildman–Crippen MR) is 84.2 cm³/mol. The topological polar surface area (TPSA) is 41.9 Å². The molecule has 0 amide bonds. The second-order valence-electron chi connectivity index (χ2n) is 5.47. The molecule has 0 aliphatic carbocycles. The van der Waals surface area contributed by atoms with Gasteiger partial charge in [-0.15, -0.1) is 11.3 Å². The van der Waals surface area contributed by atoms with Gasteiger partial charge in [0.2, 0.25) is 0 Å². The highest BCUT2D eigenvalue weighted by Gasteiger charge is 2.22. The van der Waals surface area contributed by atoms with Crippen LogP contribution in [0.2, 0.25) is 0 Å². The van der Waals surface area contributed by atoms with E-state index in [-0.39, 0.29) is 0 Å². The van der Waals surface area contributed by atoms with Gasteiger partial charge < -0.3 is 0 Å². The van der Waals surface area contributed by atoms with Gasteiger partial charge >= 0.3 is 0 Å². The summed E-state index contributed by atoms with van der Waals surface area (Å²) in [6.45, 7) is 4.23. The van der Waals surface area contributed by atoms with Gasteiger partial charge in [0.25, 0.3) is 0 Å². The van der Waals surface area contributed by atoms with Crippen molar-refractivity contribution in [2.24, 2.45) is 0 Å². The molecule has 4 rings (SSSR count). The van der Waals surface area contributed by atoms with Crippen LogP contribution < -0.4 is 0 Å². The summed E-state index contributed by atoms with van der Waals surface area (Å²) in [5.41, 5.74) is 6.79. The third-order valence-corrected chi connectivity index (χ3v) is 5.09. The van der Waals surface area contributed by atoms with Crippen LogP contribution >= 0.6 is 11.3 Å². The lowest BCUT2D eigenvalue weighted by Crippen LogP contribution is -2.33. The summed E-state index contributed by atoms with van der Waals surface area (Å²) >= 11 is 1.69. The minimum atomic E-state index is 0.379. The predicted octanol–water partition coefficient (Wildman–Crippen LogP) is 3.21. The summed E-state index contributed by atoms with van der Waals surface area (Å²) in [6, 6.07) is 7.00. The highest BCUT2D eigenvalue weighted by molar-refractivity contribution is 7.16. The Hall–Kier alpha value is -1.85. The smallest absolute Gasteiger partial charge is 0.115 e. The molecule has 0 spiro atoms. The molecule has 0 radical (unpaired) electrons. The molecule has 0 bridgehead atoms. The number of thiazole rings is 1. The average molecular weight is 296 g/mol. The molecule has 1 atom stereocenters. The van der Waals surface area contributed by atoms with Gasteiger partial charge in [-0.25, -0.2) is 15.0 Å². The van der Waals surface area contributed by atoms with Gasteiger partial charge in [-0.2, -0.15) is 0 Å². The first-order chi connectivity index (χ1) is 10.3. The Labute approximate surface area is 127 Å². The maximum atomic E-state index is 4.42. The van der Waals surface area contributed by atoms with Crippen LogP contribution in [0.25, 0.3) is 10.2 Å². The molecular formula is C16H16N4S. The summed E-state index contributed by atoms with van der Waals surface area (Å²) in [5, 5.41) is 0. The van der Waals surface area contributed by atoms with E-state index < -0.39 is 0 Å². The maximum absolute atomic E-state index is 4.42. The minimum Gasteiger partial charge on any atom is -0.292 e. The lowest BCUT2D eigenvalue weighted by molar-refractivity contribution is 0.190. The third-order valence-electron chi connectivity index (χ3n) is 4.28. The van der Waals surface area contributed by atoms with Crippen molar-refractivity contribution in [3.8, 4) is 0 Å². The largest absolute Gasteiger partial charge is 0.292 e. The molecule has 0 saturated heterocycles. The highest BCUT2D eigenvalue weighted by Crippen LogP contribution is 2.29. The van der Waals surface area contributed by atoms with E-state index in [4.69, 9.17) is 0 Å². The molecule has 0 N–H and O–H groups in total. The van der Waals surface area contributed by atoms with Gasteiger partial charge in [0.15, 0.2) is 0 Å². The number of rotatable bonds is 2. The molecule has 21 heavy (non-hydrogen) atoms. The molecule has 1 aromatic carbocycles. The van der Waals surface area contributed by atoms with Crippen molar-refractivity contribution < 1.29 is 0 Å². The molecule has 0 fully saturated rings. The third kappa shape index (κ3) is 2.32. The quantitative estimate of drug-likeness (QED) is 0.728. The van der Waals surface area contributed by atoms with E-state index in [1.54, 1.807) is 17.7 Å². The molecule has 2 aromatic heterocycles. The van der Waals surface area contributed by atoms with Crippen molar-refractivity contribution in [3.63, 3.8) is 0 Å². The van der Waals surface area contributed by atoms with Crippen molar-refractivity contribution in [1.29, 1.82) is 0 Å². The molecule has 3 aromatic rings. The number of hydrogen-bond acceptors (Lipinski definition) is 5. The van der Waals surface area contributed by atoms with Gasteiger partial charge in [-0.1, -0.05) is 6.07 Å². The van der Waals surface area contributed by atoms with Crippen LogP contribution in [0.4, 0.5) is 0 Å². The van der Waals surface area contributed by atoms with E-state index in [1.165, 1.54) is 21.5 Å². The Bertz CT molecular complexity index is 783. The molecule has 5 heteroatoms. The van der Waals surface area contributed by atoms with E-state index in [1.807, 2.05) is 11.7 Å². The van der Waals surface area contributed by atoms with Gasteiger partial charge in [0.1, 0.15) is 6.33 Å². The summed E-state index contributed by atoms with van der Waals surface area (Å²) in [6.07, 6.45) is 4.60. The summed E-state index contributed by atoms with van der Waals surface area (Å²) in [4.78, 5) is 15.4. The summed E-state index contributed by atoms with van der Waals surface area (Å²) in [7, 11) is 0. The second kappa shape index (κ2) is 5.16. The Balaban J connectivity index is 1.61. The zero-order valence-corrected chi connectivity index (χ0v) is 12.7. The number of hydrogen-bond donors (Lipinski definition) is 0. The zero-order chi connectivity index (χ0) is 14.2. The average Bonchev–Trinajstić information content (AvgIpc) is 3.01. The van der Waals surface area contributed by atoms with E-state index in [2.05, 4.69) is 45.0 Å². The van der Waals surface area contributed by atoms with E-state index in [0.717, 1.165) is 25.0 Å². The maximum Gasteiger partial charge on any atom is 0.115 e. The molecule has 1 unspecified atom stereocenters. The Morgan fingerprint density at radius 2 is 2.24 bits per heavy atom. The summed E-state index contributed by atoms with van der Waals surface area (Å²) < 4.78 is 1.25. The Morgan fingerprint density at radius 3 is 3.19 bits per heavy atom. The van der Waals surface area contributed by atoms with Crippen LogP contribution in [-0.4, -0.2) is 26.4 Å². The van der Waals surface area contributed by atoms with Crippen molar-refractivity contribution in [1.82, 2.24) is 19.9 Å². The van der Waals surface area contributed by atoms with E-state index >= 15 is 0 Å². The van der Waals surface area contributed by atoms with E-state index in [9.17, 15) is 0 Å². The zero-order valence-electron chi connectivity index (χ0n) is 11.9. The molecule has 1 aliphatic rings. The van der Waals surface area contributed by atoms with Crippen LogP contribution in [0, 0.1) is 0 Å². The fourth-order valence-electron chi connectivity index (χ4n) is 2.96. The summed E-state index contributed by atoms with van der Waals surface area (Å²) in [5.74, 6) is 0. The number of benzene rings is 1. The first kappa shape index (κ1) is 12.9. The second-order valence-corrected chi connectivity index (χ2v) is 6.36. The minimum absolute atomic E-state index is 0.379. The SMILES string of the molecule is CC(c1ccc2scnc2c1)N1CCc2ncncc2C1. The van der Waals surface area contributed by atoms with E-state index in [0.29, 0.717) is 6.04 Å². The standard InChI is InChI=1S/C16H16N4S/c1-11(12-2-3-16-15(6-12)19-10-21-16)20-5-4-14-13(8-20)7-17-9-18-14/h2-3,6-7,9-11H,4-5,8H2,1H3. The number of fused-ring (bicyclic) bond motifs is 2. The fourth-order valence-corrected chi connectivity index (χ4v) is 3.62. The normalized spacial score (nSPS) is 16.8. The van der Waals surface area contributed by atoms with Crippen molar-refractivity contribution in [3.05, 3.63) is 53.1 Å². The van der Waals surface area contributed by atoms with Crippen LogP contribution in [0.15, 0.2) is 36.2 Å². The van der Waals surface area contributed by atoms with Crippen molar-refractivity contribution >= 4 is 21.6 Å². The van der Waals surface area contributed by atoms with Gasteiger partial charge in [-0.05, 0) is 24.6 Å².